The minimum atomic E-state index is -4.11. The van der Waals surface area contributed by atoms with Gasteiger partial charge in [0, 0.05) is 30.2 Å². The molecule has 0 aromatic heterocycles. The van der Waals surface area contributed by atoms with Crippen molar-refractivity contribution in [2.75, 3.05) is 26.6 Å². The highest BCUT2D eigenvalue weighted by Gasteiger charge is 2.49. The lowest BCUT2D eigenvalue weighted by Gasteiger charge is -2.29. The number of hydrogen-bond donors (Lipinski definition) is 3. The third kappa shape index (κ3) is 10.6. The Balaban J connectivity index is 3.39. The normalized spacial score (nSPS) is 13.1. The molecule has 210 valence electrons. The molecule has 0 radical (unpaired) electrons. The Bertz CT molecular complexity index is 1070. The van der Waals surface area contributed by atoms with Crippen LogP contribution in [-0.2, 0) is 33.4 Å². The summed E-state index contributed by atoms with van der Waals surface area (Å²) in [6.07, 6.45) is -2.57. The Labute approximate surface area is 228 Å². The maximum atomic E-state index is 12.3. The van der Waals surface area contributed by atoms with E-state index in [2.05, 4.69) is 15.9 Å². The number of hydrogen-bond acceptors (Lipinski definition) is 9. The van der Waals surface area contributed by atoms with E-state index in [-0.39, 0.29) is 22.9 Å². The smallest absolute Gasteiger partial charge is 0.409 e. The first-order chi connectivity index (χ1) is 16.9. The molecule has 0 fully saturated rings. The maximum absolute atomic E-state index is 12.3. The molecule has 1 unspecified atom stereocenters. The van der Waals surface area contributed by atoms with E-state index in [1.165, 1.54) is 40.0 Å². The molecule has 3 N–H and O–H groups in total. The number of alkyl carbamates (subject to hydrolysis) is 1. The van der Waals surface area contributed by atoms with Crippen molar-refractivity contribution in [2.24, 2.45) is 0 Å². The number of amides is 1. The highest BCUT2D eigenvalue weighted by atomic mass is 79.9. The topological polar surface area (TPSA) is 175 Å². The van der Waals surface area contributed by atoms with Gasteiger partial charge < -0.3 is 24.4 Å². The van der Waals surface area contributed by atoms with Gasteiger partial charge in [-0.2, -0.15) is 8.42 Å². The summed E-state index contributed by atoms with van der Waals surface area (Å²) in [4.78, 5) is 36.4. The second-order valence-corrected chi connectivity index (χ2v) is 11.8. The Morgan fingerprint density at radius 3 is 2.22 bits per heavy atom. The SMILES string of the molecule is COCCCOc1cc(C(CCC(NC(=O)OC(C)(C)C)(C(=O)O)C(=O)O)OS(C)(=O)=O)c(Br)cc1Cl. The number of halogens is 2. The van der Waals surface area contributed by atoms with Crippen molar-refractivity contribution in [2.45, 2.75) is 57.3 Å². The predicted molar refractivity (Wildman–Crippen MR) is 136 cm³/mol. The molecule has 0 aliphatic carbocycles. The molecule has 0 heterocycles. The van der Waals surface area contributed by atoms with Crippen LogP contribution in [0.3, 0.4) is 0 Å². The second kappa shape index (κ2) is 13.6. The van der Waals surface area contributed by atoms with E-state index < -0.39 is 58.2 Å². The maximum Gasteiger partial charge on any atom is 0.409 e. The molecule has 0 aliphatic rings. The van der Waals surface area contributed by atoms with Gasteiger partial charge in [0.1, 0.15) is 17.5 Å². The molecule has 1 rings (SSSR count). The van der Waals surface area contributed by atoms with Crippen LogP contribution in [0.15, 0.2) is 16.6 Å². The summed E-state index contributed by atoms with van der Waals surface area (Å²) >= 11 is 9.51. The summed E-state index contributed by atoms with van der Waals surface area (Å²) < 4.78 is 45.1. The van der Waals surface area contributed by atoms with Crippen molar-refractivity contribution >= 4 is 55.7 Å². The van der Waals surface area contributed by atoms with Crippen LogP contribution in [0.1, 0.15) is 51.7 Å². The Morgan fingerprint density at radius 2 is 1.73 bits per heavy atom. The molecule has 0 aliphatic heterocycles. The minimum absolute atomic E-state index is 0.188. The van der Waals surface area contributed by atoms with Gasteiger partial charge in [-0.25, -0.2) is 14.4 Å². The lowest BCUT2D eigenvalue weighted by Crippen LogP contribution is -2.61. The van der Waals surface area contributed by atoms with Crippen molar-refractivity contribution in [3.05, 3.63) is 27.2 Å². The molecule has 0 saturated heterocycles. The Morgan fingerprint density at radius 1 is 1.14 bits per heavy atom. The van der Waals surface area contributed by atoms with Gasteiger partial charge in [-0.05, 0) is 45.7 Å². The van der Waals surface area contributed by atoms with E-state index in [9.17, 15) is 33.0 Å². The molecule has 15 heteroatoms. The zero-order valence-electron chi connectivity index (χ0n) is 21.0. The molecular formula is C22H31BrClNO11S. The van der Waals surface area contributed by atoms with Gasteiger partial charge in [-0.1, -0.05) is 27.5 Å². The Kier molecular flexibility index (Phi) is 12.1. The number of carbonyl (C=O) groups excluding carboxylic acids is 1. The van der Waals surface area contributed by atoms with Gasteiger partial charge in [-0.15, -0.1) is 0 Å². The van der Waals surface area contributed by atoms with Gasteiger partial charge in [-0.3, -0.25) is 9.50 Å². The van der Waals surface area contributed by atoms with Gasteiger partial charge in [0.15, 0.2) is 0 Å². The van der Waals surface area contributed by atoms with Gasteiger partial charge in [0.2, 0.25) is 5.54 Å². The van der Waals surface area contributed by atoms with Crippen molar-refractivity contribution in [3.63, 3.8) is 0 Å². The van der Waals surface area contributed by atoms with Crippen LogP contribution in [-0.4, -0.2) is 74.4 Å². The fraction of sp³-hybridized carbons (Fsp3) is 0.591. The third-order valence-corrected chi connectivity index (χ3v) is 6.23. The zero-order valence-corrected chi connectivity index (χ0v) is 24.2. The van der Waals surface area contributed by atoms with Gasteiger partial charge in [0.05, 0.1) is 17.9 Å². The summed E-state index contributed by atoms with van der Waals surface area (Å²) in [6.45, 7) is 5.20. The first-order valence-electron chi connectivity index (χ1n) is 10.9. The summed E-state index contributed by atoms with van der Waals surface area (Å²) in [6, 6.07) is 2.83. The van der Waals surface area contributed by atoms with Crippen molar-refractivity contribution in [1.29, 1.82) is 0 Å². The molecular weight excluding hydrogens is 602 g/mol. The quantitative estimate of drug-likeness (QED) is 0.155. The van der Waals surface area contributed by atoms with Crippen LogP contribution in [0, 0.1) is 0 Å². The van der Waals surface area contributed by atoms with Crippen molar-refractivity contribution < 1.29 is 51.4 Å². The van der Waals surface area contributed by atoms with Crippen LogP contribution in [0.2, 0.25) is 5.02 Å². The first-order valence-corrected chi connectivity index (χ1v) is 13.9. The number of ether oxygens (including phenoxy) is 3. The molecule has 1 atom stereocenters. The molecule has 37 heavy (non-hydrogen) atoms. The standard InChI is InChI=1S/C22H31BrClNO11S/c1-21(2,3)35-20(30)25-22(18(26)27,19(28)29)8-7-16(36-37(5,31)32)13-11-17(15(24)12-14(13)23)34-10-6-9-33-4/h11-12,16H,6-10H2,1-5H3,(H,25,30)(H,26,27)(H,28,29). The molecule has 0 saturated carbocycles. The van der Waals surface area contributed by atoms with Crippen LogP contribution < -0.4 is 10.1 Å². The lowest BCUT2D eigenvalue weighted by atomic mass is 9.90. The fourth-order valence-electron chi connectivity index (χ4n) is 3.05. The van der Waals surface area contributed by atoms with Crippen molar-refractivity contribution in [1.82, 2.24) is 5.32 Å². The zero-order chi connectivity index (χ0) is 28.6. The first kappa shape index (κ1) is 32.9. The van der Waals surface area contributed by atoms with E-state index in [0.29, 0.717) is 17.5 Å². The van der Waals surface area contributed by atoms with Crippen LogP contribution in [0.4, 0.5) is 4.79 Å². The third-order valence-electron chi connectivity index (χ3n) is 4.67. The number of carboxylic acid groups (broad SMARTS) is 2. The number of benzene rings is 1. The van der Waals surface area contributed by atoms with E-state index in [1.54, 1.807) is 0 Å². The number of carboxylic acids is 2. The molecule has 0 spiro atoms. The van der Waals surface area contributed by atoms with Crippen molar-refractivity contribution in [3.8, 4) is 5.75 Å². The molecule has 1 amide bonds. The summed E-state index contributed by atoms with van der Waals surface area (Å²) in [5.41, 5.74) is -3.69. The predicted octanol–water partition coefficient (Wildman–Crippen LogP) is 3.75. The van der Waals surface area contributed by atoms with E-state index in [1.807, 2.05) is 5.32 Å². The average molecular weight is 633 g/mol. The lowest BCUT2D eigenvalue weighted by molar-refractivity contribution is -0.159. The van der Waals surface area contributed by atoms with E-state index >= 15 is 0 Å². The number of carbonyl (C=O) groups is 3. The average Bonchev–Trinajstić information content (AvgIpc) is 2.72. The van der Waals surface area contributed by atoms with Gasteiger partial charge in [0.25, 0.3) is 10.1 Å². The highest BCUT2D eigenvalue weighted by molar-refractivity contribution is 9.10. The molecule has 12 nitrogen and oxygen atoms in total. The second-order valence-electron chi connectivity index (χ2n) is 8.97. The minimum Gasteiger partial charge on any atom is -0.492 e. The Hall–Kier alpha value is -2.13. The summed E-state index contributed by atoms with van der Waals surface area (Å²) in [5, 5.41) is 21.6. The van der Waals surface area contributed by atoms with E-state index in [0.717, 1.165) is 6.26 Å². The number of nitrogens with one attached hydrogen (secondary N) is 1. The van der Waals surface area contributed by atoms with Crippen LogP contribution in [0.5, 0.6) is 5.75 Å². The molecule has 0 bridgehead atoms. The summed E-state index contributed by atoms with van der Waals surface area (Å²) in [7, 11) is -2.58. The number of aliphatic carboxylic acids is 2. The van der Waals surface area contributed by atoms with E-state index in [4.69, 9.17) is 30.0 Å². The highest BCUT2D eigenvalue weighted by Crippen LogP contribution is 2.39. The monoisotopic (exact) mass is 631 g/mol. The number of rotatable bonds is 14. The fourth-order valence-corrected chi connectivity index (χ4v) is 4.62. The largest absolute Gasteiger partial charge is 0.492 e. The molecule has 1 aromatic carbocycles. The van der Waals surface area contributed by atoms with Gasteiger partial charge >= 0.3 is 18.0 Å². The summed E-state index contributed by atoms with van der Waals surface area (Å²) in [5.74, 6) is -3.59. The number of methoxy groups -OCH3 is 1. The van der Waals surface area contributed by atoms with Crippen LogP contribution >= 0.6 is 27.5 Å². The van der Waals surface area contributed by atoms with Crippen LogP contribution in [0.25, 0.3) is 0 Å². The molecule has 1 aromatic rings.